The topological polar surface area (TPSA) is 163 Å². The molecule has 4 aliphatic rings. The Hall–Kier alpha value is -4.98. The van der Waals surface area contributed by atoms with Gasteiger partial charge in [-0.05, 0) is 115 Å². The fourth-order valence-corrected chi connectivity index (χ4v) is 8.06. The van der Waals surface area contributed by atoms with Crippen LogP contribution in [0.5, 0.6) is 0 Å². The highest BCUT2D eigenvalue weighted by molar-refractivity contribution is 5.96. The number of fused-ring (bicyclic) bond motifs is 1. The van der Waals surface area contributed by atoms with Gasteiger partial charge in [0.05, 0.1) is 24.8 Å². The molecule has 4 aromatic rings. The number of alkyl halides is 1. The Balaban J connectivity index is 1.18. The first kappa shape index (κ1) is 37.3. The van der Waals surface area contributed by atoms with Gasteiger partial charge in [0.15, 0.2) is 0 Å². The lowest BCUT2D eigenvalue weighted by molar-refractivity contribution is -0.220. The summed E-state index contributed by atoms with van der Waals surface area (Å²) in [7, 11) is 0. The van der Waals surface area contributed by atoms with Crippen molar-refractivity contribution in [3.63, 3.8) is 0 Å². The summed E-state index contributed by atoms with van der Waals surface area (Å²) in [5.41, 5.74) is 8.49. The maximum atomic E-state index is 14.5. The molecule has 4 fully saturated rings. The van der Waals surface area contributed by atoms with E-state index in [1.165, 1.54) is 10.8 Å². The maximum Gasteiger partial charge on any atom is 0.419 e. The summed E-state index contributed by atoms with van der Waals surface area (Å²) in [6.07, 6.45) is 6.07. The molecule has 4 N–H and O–H groups in total. The minimum atomic E-state index is -1.12. The lowest BCUT2D eigenvalue weighted by Gasteiger charge is -2.66. The number of amides is 1. The van der Waals surface area contributed by atoms with E-state index in [1.54, 1.807) is 48.7 Å². The maximum absolute atomic E-state index is 14.5. The number of nitrogen functional groups attached to an aromatic ring is 1. The number of nitrogens with one attached hydrogen (secondary N) is 2. The standard InChI is InChI=1S/C40H51FN8O5/c1-37(2,3)53-35(50)47(24-39-21-40(41,22-39)23-39)19-28-14-26-11-10-25(13-33(26)49(28)36(51)54-38(4,5)6)18-48-20-32(45-46-48)29-15-27(43)16-31(30(29)17-42)44-34-9-7-8-12-52-34/h10-11,13-17,20,34,42,44H,7-9,12,18-19,21-24,43H2,1-6H3. The highest BCUT2D eigenvalue weighted by Crippen LogP contribution is 2.69. The zero-order chi connectivity index (χ0) is 38.6. The highest BCUT2D eigenvalue weighted by atomic mass is 19.1. The predicted octanol–water partition coefficient (Wildman–Crippen LogP) is 7.88. The molecule has 8 rings (SSSR count). The Kier molecular flexibility index (Phi) is 9.48. The molecule has 1 atom stereocenters. The summed E-state index contributed by atoms with van der Waals surface area (Å²) in [6.45, 7) is 12.3. The van der Waals surface area contributed by atoms with Gasteiger partial charge in [-0.3, -0.25) is 0 Å². The summed E-state index contributed by atoms with van der Waals surface area (Å²) >= 11 is 0. The van der Waals surface area contributed by atoms with Gasteiger partial charge in [0.2, 0.25) is 0 Å². The number of benzene rings is 2. The van der Waals surface area contributed by atoms with Crippen molar-refractivity contribution in [2.45, 2.75) is 116 Å². The molecule has 2 aromatic carbocycles. The van der Waals surface area contributed by atoms with Gasteiger partial charge in [-0.2, -0.15) is 0 Å². The Bertz CT molecular complexity index is 2070. The highest BCUT2D eigenvalue weighted by Gasteiger charge is 2.69. The van der Waals surface area contributed by atoms with Crippen molar-refractivity contribution in [1.29, 1.82) is 5.41 Å². The molecular formula is C40H51FN8O5. The minimum Gasteiger partial charge on any atom is -0.444 e. The van der Waals surface area contributed by atoms with E-state index in [2.05, 4.69) is 15.6 Å². The Morgan fingerprint density at radius 3 is 2.48 bits per heavy atom. The molecule has 3 aliphatic carbocycles. The molecule has 0 radical (unpaired) electrons. The van der Waals surface area contributed by atoms with Crippen LogP contribution in [0, 0.1) is 10.8 Å². The molecule has 1 aliphatic heterocycles. The van der Waals surface area contributed by atoms with Crippen LogP contribution in [0.4, 0.5) is 25.4 Å². The van der Waals surface area contributed by atoms with Gasteiger partial charge in [-0.1, -0.05) is 17.3 Å². The first-order valence-corrected chi connectivity index (χ1v) is 18.7. The van der Waals surface area contributed by atoms with Crippen LogP contribution in [0.1, 0.15) is 96.9 Å². The molecule has 13 nitrogen and oxygen atoms in total. The number of hydrogen-bond acceptors (Lipinski definition) is 10. The van der Waals surface area contributed by atoms with E-state index in [0.29, 0.717) is 78.4 Å². The number of aromatic nitrogens is 4. The van der Waals surface area contributed by atoms with E-state index in [4.69, 9.17) is 25.4 Å². The van der Waals surface area contributed by atoms with Crippen LogP contribution in [0.25, 0.3) is 22.2 Å². The van der Waals surface area contributed by atoms with Crippen molar-refractivity contribution in [2.24, 2.45) is 5.41 Å². The van der Waals surface area contributed by atoms with Crippen LogP contribution in [-0.2, 0) is 27.3 Å². The third kappa shape index (κ3) is 7.94. The second-order valence-electron chi connectivity index (χ2n) is 17.3. The van der Waals surface area contributed by atoms with Crippen molar-refractivity contribution in [2.75, 3.05) is 24.2 Å². The van der Waals surface area contributed by atoms with Gasteiger partial charge in [0.1, 0.15) is 28.8 Å². The summed E-state index contributed by atoms with van der Waals surface area (Å²) in [5, 5.41) is 21.2. The normalized spacial score (nSPS) is 22.2. The number of ether oxygens (including phenoxy) is 3. The van der Waals surface area contributed by atoms with E-state index in [1.807, 2.05) is 45.0 Å². The van der Waals surface area contributed by atoms with Gasteiger partial charge in [-0.25, -0.2) is 23.2 Å². The number of rotatable bonds is 10. The third-order valence-corrected chi connectivity index (χ3v) is 10.1. The fraction of sp³-hybridized carbons (Fsp3) is 0.525. The van der Waals surface area contributed by atoms with Crippen LogP contribution >= 0.6 is 0 Å². The van der Waals surface area contributed by atoms with Crippen LogP contribution in [0.15, 0.2) is 42.6 Å². The van der Waals surface area contributed by atoms with E-state index in [-0.39, 0.29) is 18.2 Å². The molecular weight excluding hydrogens is 691 g/mol. The average Bonchev–Trinajstić information content (AvgIpc) is 3.66. The molecule has 2 aromatic heterocycles. The first-order valence-electron chi connectivity index (χ1n) is 18.7. The zero-order valence-electron chi connectivity index (χ0n) is 32.0. The van der Waals surface area contributed by atoms with E-state index >= 15 is 0 Å². The molecule has 54 heavy (non-hydrogen) atoms. The minimum absolute atomic E-state index is 0.0743. The Morgan fingerprint density at radius 2 is 1.83 bits per heavy atom. The van der Waals surface area contributed by atoms with Crippen molar-refractivity contribution in [3.8, 4) is 11.3 Å². The third-order valence-electron chi connectivity index (χ3n) is 10.1. The summed E-state index contributed by atoms with van der Waals surface area (Å²) in [6, 6.07) is 11.3. The van der Waals surface area contributed by atoms with E-state index in [9.17, 15) is 14.0 Å². The van der Waals surface area contributed by atoms with Crippen molar-refractivity contribution in [1.82, 2.24) is 24.5 Å². The summed E-state index contributed by atoms with van der Waals surface area (Å²) < 4.78 is 35.3. The van der Waals surface area contributed by atoms with Gasteiger partial charge in [0, 0.05) is 52.9 Å². The zero-order valence-corrected chi connectivity index (χ0v) is 32.0. The molecule has 0 spiro atoms. The van der Waals surface area contributed by atoms with Gasteiger partial charge >= 0.3 is 12.2 Å². The molecule has 288 valence electrons. The summed E-state index contributed by atoms with van der Waals surface area (Å²) in [4.78, 5) is 29.1. The quantitative estimate of drug-likeness (QED) is 0.108. The second-order valence-corrected chi connectivity index (χ2v) is 17.3. The lowest BCUT2D eigenvalue weighted by Crippen LogP contribution is -2.68. The second kappa shape index (κ2) is 13.7. The smallest absolute Gasteiger partial charge is 0.419 e. The van der Waals surface area contributed by atoms with Crippen molar-refractivity contribution >= 4 is 40.7 Å². The van der Waals surface area contributed by atoms with E-state index < -0.39 is 29.1 Å². The predicted molar refractivity (Wildman–Crippen MR) is 204 cm³/mol. The van der Waals surface area contributed by atoms with Crippen LogP contribution in [0.3, 0.4) is 0 Å². The number of nitrogens with zero attached hydrogens (tertiary/aromatic N) is 5. The molecule has 3 heterocycles. The lowest BCUT2D eigenvalue weighted by atomic mass is 9.42. The largest absolute Gasteiger partial charge is 0.444 e. The number of anilines is 2. The molecule has 3 saturated carbocycles. The van der Waals surface area contributed by atoms with Gasteiger partial charge < -0.3 is 35.6 Å². The first-order chi connectivity index (χ1) is 25.4. The van der Waals surface area contributed by atoms with Gasteiger partial charge in [0.25, 0.3) is 0 Å². The van der Waals surface area contributed by atoms with Gasteiger partial charge in [-0.15, -0.1) is 5.10 Å². The van der Waals surface area contributed by atoms with Crippen LogP contribution in [-0.4, -0.2) is 79.1 Å². The number of carbonyl (C=O) groups is 2. The Labute approximate surface area is 314 Å². The molecule has 14 heteroatoms. The molecule has 1 saturated heterocycles. The Morgan fingerprint density at radius 1 is 1.09 bits per heavy atom. The monoisotopic (exact) mass is 742 g/mol. The molecule has 2 bridgehead atoms. The van der Waals surface area contributed by atoms with Crippen LogP contribution < -0.4 is 11.1 Å². The fourth-order valence-electron chi connectivity index (χ4n) is 8.06. The van der Waals surface area contributed by atoms with E-state index in [0.717, 1.165) is 30.2 Å². The molecule has 1 unspecified atom stereocenters. The molecule has 1 amide bonds. The van der Waals surface area contributed by atoms with Crippen molar-refractivity contribution in [3.05, 3.63) is 59.4 Å². The number of hydrogen-bond donors (Lipinski definition) is 3. The number of nitrogens with two attached hydrogens (primary N) is 1. The SMILES string of the molecule is CC(C)(C)OC(=O)N(Cc1cc2ccc(Cn3cc(-c4cc(N)cc(NC5CCCCO5)c4C=N)nn3)cc2n1C(=O)OC(C)(C)C)CC12CC(F)(C1)C2. The number of carbonyl (C=O) groups excluding carboxylic acids is 2. The summed E-state index contributed by atoms with van der Waals surface area (Å²) in [5.74, 6) is 0. The number of halogens is 1. The van der Waals surface area contributed by atoms with Crippen LogP contribution in [0.2, 0.25) is 0 Å². The van der Waals surface area contributed by atoms with Crippen molar-refractivity contribution < 1.29 is 28.2 Å². The average molecular weight is 743 g/mol.